The second-order valence-electron chi connectivity index (χ2n) is 5.92. The SMILES string of the molecule is CC1(O)C(n2cc3c4c(ncnc42)NCC=N3)O[C@H](CO)[C@H]1O. The number of anilines is 1. The van der Waals surface area contributed by atoms with Gasteiger partial charge in [-0.25, -0.2) is 9.97 Å². The molecule has 122 valence electrons. The normalized spacial score (nSPS) is 33.0. The van der Waals surface area contributed by atoms with Crippen LogP contribution in [0.2, 0.25) is 0 Å². The van der Waals surface area contributed by atoms with Crippen molar-refractivity contribution in [1.29, 1.82) is 0 Å². The largest absolute Gasteiger partial charge is 0.394 e. The number of aromatic nitrogens is 3. The Bertz CT molecular complexity index is 787. The van der Waals surface area contributed by atoms with Crippen LogP contribution in [-0.2, 0) is 4.74 Å². The summed E-state index contributed by atoms with van der Waals surface area (Å²) < 4.78 is 7.29. The molecule has 4 atom stereocenters. The molecule has 9 heteroatoms. The molecule has 2 unspecified atom stereocenters. The molecule has 2 aromatic rings. The molecular weight excluding hydrogens is 302 g/mol. The Morgan fingerprint density at radius 2 is 2.30 bits per heavy atom. The summed E-state index contributed by atoms with van der Waals surface area (Å²) in [6.07, 6.45) is 1.86. The van der Waals surface area contributed by atoms with Crippen LogP contribution in [0.1, 0.15) is 13.2 Å². The summed E-state index contributed by atoms with van der Waals surface area (Å²) in [4.78, 5) is 12.9. The first kappa shape index (κ1) is 14.5. The van der Waals surface area contributed by atoms with E-state index in [0.717, 1.165) is 5.39 Å². The topological polar surface area (TPSA) is 125 Å². The van der Waals surface area contributed by atoms with Crippen molar-refractivity contribution in [3.63, 3.8) is 0 Å². The van der Waals surface area contributed by atoms with Gasteiger partial charge in [0.1, 0.15) is 35.6 Å². The van der Waals surface area contributed by atoms with E-state index < -0.39 is 24.0 Å². The highest BCUT2D eigenvalue weighted by Gasteiger charge is 2.53. The van der Waals surface area contributed by atoms with Crippen molar-refractivity contribution in [1.82, 2.24) is 14.5 Å². The molecule has 0 radical (unpaired) electrons. The first-order valence-electron chi connectivity index (χ1n) is 7.32. The number of nitrogens with one attached hydrogen (secondary N) is 1. The highest BCUT2D eigenvalue weighted by molar-refractivity contribution is 6.00. The fourth-order valence-corrected chi connectivity index (χ4v) is 3.15. The van der Waals surface area contributed by atoms with Crippen molar-refractivity contribution in [2.45, 2.75) is 31.0 Å². The molecule has 4 heterocycles. The van der Waals surface area contributed by atoms with Crippen LogP contribution in [0.15, 0.2) is 17.5 Å². The number of aliphatic hydroxyl groups is 3. The van der Waals surface area contributed by atoms with Gasteiger partial charge in [0.2, 0.25) is 0 Å². The molecule has 0 spiro atoms. The first-order chi connectivity index (χ1) is 11.0. The maximum Gasteiger partial charge on any atom is 0.167 e. The lowest BCUT2D eigenvalue weighted by Gasteiger charge is -2.27. The minimum atomic E-state index is -1.58. The van der Waals surface area contributed by atoms with Gasteiger partial charge in [0.05, 0.1) is 24.2 Å². The maximum absolute atomic E-state index is 10.7. The van der Waals surface area contributed by atoms with Gasteiger partial charge < -0.3 is 29.9 Å². The minimum absolute atomic E-state index is 0.389. The van der Waals surface area contributed by atoms with E-state index in [-0.39, 0.29) is 6.61 Å². The second kappa shape index (κ2) is 4.96. The zero-order valence-corrected chi connectivity index (χ0v) is 12.4. The predicted molar refractivity (Wildman–Crippen MR) is 81.8 cm³/mol. The molecule has 2 aromatic heterocycles. The van der Waals surface area contributed by atoms with Gasteiger partial charge in [-0.1, -0.05) is 0 Å². The van der Waals surface area contributed by atoms with E-state index >= 15 is 0 Å². The Labute approximate surface area is 131 Å². The average Bonchev–Trinajstić information content (AvgIpc) is 2.90. The Balaban J connectivity index is 1.90. The lowest BCUT2D eigenvalue weighted by Crippen LogP contribution is -2.44. The van der Waals surface area contributed by atoms with E-state index in [4.69, 9.17) is 4.74 Å². The van der Waals surface area contributed by atoms with Gasteiger partial charge in [0, 0.05) is 12.4 Å². The molecule has 0 aliphatic carbocycles. The van der Waals surface area contributed by atoms with Gasteiger partial charge in [-0.2, -0.15) is 0 Å². The molecule has 1 saturated heterocycles. The molecule has 0 aromatic carbocycles. The molecule has 0 amide bonds. The molecular formula is C14H17N5O4. The Hall–Kier alpha value is -2.07. The third kappa shape index (κ3) is 1.98. The highest BCUT2D eigenvalue weighted by Crippen LogP contribution is 2.42. The van der Waals surface area contributed by atoms with Crippen LogP contribution < -0.4 is 5.32 Å². The lowest BCUT2D eigenvalue weighted by atomic mass is 9.96. The van der Waals surface area contributed by atoms with Gasteiger partial charge in [-0.3, -0.25) is 4.99 Å². The predicted octanol–water partition coefficient (Wildman–Crippen LogP) is -0.439. The van der Waals surface area contributed by atoms with Crippen LogP contribution in [-0.4, -0.2) is 67.0 Å². The van der Waals surface area contributed by atoms with Crippen molar-refractivity contribution in [3.05, 3.63) is 12.5 Å². The van der Waals surface area contributed by atoms with Crippen LogP contribution in [0.5, 0.6) is 0 Å². The molecule has 0 saturated carbocycles. The van der Waals surface area contributed by atoms with Gasteiger partial charge >= 0.3 is 0 Å². The summed E-state index contributed by atoms with van der Waals surface area (Å²) in [5.74, 6) is 0.651. The van der Waals surface area contributed by atoms with Crippen LogP contribution in [0.25, 0.3) is 11.0 Å². The van der Waals surface area contributed by atoms with Crippen molar-refractivity contribution in [2.75, 3.05) is 18.5 Å². The number of hydrogen-bond acceptors (Lipinski definition) is 8. The number of aliphatic hydroxyl groups excluding tert-OH is 2. The summed E-state index contributed by atoms with van der Waals surface area (Å²) in [5, 5.41) is 34.0. The van der Waals surface area contributed by atoms with E-state index in [0.29, 0.717) is 23.7 Å². The fraction of sp³-hybridized carbons (Fsp3) is 0.500. The molecule has 0 bridgehead atoms. The quantitative estimate of drug-likeness (QED) is 0.591. The summed E-state index contributed by atoms with van der Waals surface area (Å²) in [6.45, 7) is 1.64. The number of nitrogens with zero attached hydrogens (tertiary/aromatic N) is 4. The minimum Gasteiger partial charge on any atom is -0.394 e. The van der Waals surface area contributed by atoms with E-state index in [1.807, 2.05) is 0 Å². The van der Waals surface area contributed by atoms with Crippen LogP contribution >= 0.6 is 0 Å². The third-order valence-electron chi connectivity index (χ3n) is 4.37. The Morgan fingerprint density at radius 3 is 3.04 bits per heavy atom. The summed E-state index contributed by atoms with van der Waals surface area (Å²) in [7, 11) is 0. The fourth-order valence-electron chi connectivity index (χ4n) is 3.15. The van der Waals surface area contributed by atoms with Crippen molar-refractivity contribution in [3.8, 4) is 0 Å². The third-order valence-corrected chi connectivity index (χ3v) is 4.37. The van der Waals surface area contributed by atoms with Crippen LogP contribution in [0.4, 0.5) is 11.5 Å². The number of ether oxygens (including phenoxy) is 1. The monoisotopic (exact) mass is 319 g/mol. The molecule has 23 heavy (non-hydrogen) atoms. The summed E-state index contributed by atoms with van der Waals surface area (Å²) >= 11 is 0. The first-order valence-corrected chi connectivity index (χ1v) is 7.32. The van der Waals surface area contributed by atoms with Gasteiger partial charge in [-0.15, -0.1) is 0 Å². The Kier molecular flexibility index (Phi) is 3.13. The van der Waals surface area contributed by atoms with Crippen molar-refractivity contribution < 1.29 is 20.1 Å². The molecule has 9 nitrogen and oxygen atoms in total. The van der Waals surface area contributed by atoms with Crippen molar-refractivity contribution in [2.24, 2.45) is 4.99 Å². The number of hydrogen-bond donors (Lipinski definition) is 4. The van der Waals surface area contributed by atoms with Gasteiger partial charge in [0.25, 0.3) is 0 Å². The summed E-state index contributed by atoms with van der Waals surface area (Å²) in [5.41, 5.74) is -0.391. The zero-order chi connectivity index (χ0) is 16.2. The van der Waals surface area contributed by atoms with Crippen molar-refractivity contribution >= 4 is 28.8 Å². The summed E-state index contributed by atoms with van der Waals surface area (Å²) in [6, 6.07) is 0. The second-order valence-corrected chi connectivity index (χ2v) is 5.92. The average molecular weight is 319 g/mol. The zero-order valence-electron chi connectivity index (χ0n) is 12.4. The molecule has 2 aliphatic heterocycles. The van der Waals surface area contributed by atoms with Gasteiger partial charge in [-0.05, 0) is 6.92 Å². The van der Waals surface area contributed by atoms with Crippen LogP contribution in [0.3, 0.4) is 0 Å². The molecule has 4 rings (SSSR count). The lowest BCUT2D eigenvalue weighted by molar-refractivity contribution is -0.0947. The maximum atomic E-state index is 10.7. The van der Waals surface area contributed by atoms with E-state index in [1.54, 1.807) is 17.0 Å². The standard InChI is InChI=1S/C14H17N5O4/c1-14(22)10(21)8(5-20)23-13(14)19-4-7-9-11(16-3-2-15-7)17-6-18-12(9)19/h2,4,6,8,10,13,20-22H,3,5H2,1H3,(H,16,17,18)/t8-,10-,13?,14?/m1/s1. The van der Waals surface area contributed by atoms with E-state index in [1.165, 1.54) is 13.3 Å². The molecule has 1 fully saturated rings. The van der Waals surface area contributed by atoms with E-state index in [9.17, 15) is 15.3 Å². The highest BCUT2D eigenvalue weighted by atomic mass is 16.6. The molecule has 4 N–H and O–H groups in total. The number of aliphatic imine (C=N–C) groups is 1. The van der Waals surface area contributed by atoms with Crippen LogP contribution in [0, 0.1) is 0 Å². The van der Waals surface area contributed by atoms with Gasteiger partial charge in [0.15, 0.2) is 6.23 Å². The number of rotatable bonds is 2. The smallest absolute Gasteiger partial charge is 0.167 e. The molecule has 2 aliphatic rings. The van der Waals surface area contributed by atoms with E-state index in [2.05, 4.69) is 20.3 Å². The Morgan fingerprint density at radius 1 is 1.48 bits per heavy atom.